The Morgan fingerprint density at radius 1 is 0.919 bits per heavy atom. The number of hydrogen-bond donors (Lipinski definition) is 1. The number of hydrogen-bond acceptors (Lipinski definition) is 4. The maximum Gasteiger partial charge on any atom is 0.264 e. The Morgan fingerprint density at radius 2 is 1.65 bits per heavy atom. The maximum absolute atomic E-state index is 12.6. The summed E-state index contributed by atoms with van der Waals surface area (Å²) in [6.07, 6.45) is 4.55. The van der Waals surface area contributed by atoms with E-state index >= 15 is 0 Å². The summed E-state index contributed by atoms with van der Waals surface area (Å²) in [4.78, 5) is 12.3. The fraction of sp³-hybridized carbons (Fsp3) is 0.0357. The van der Waals surface area contributed by atoms with Crippen LogP contribution < -0.4 is 9.46 Å². The van der Waals surface area contributed by atoms with Crippen molar-refractivity contribution in [3.63, 3.8) is 0 Å². The molecule has 0 saturated heterocycles. The van der Waals surface area contributed by atoms with Gasteiger partial charge in [-0.3, -0.25) is 4.79 Å². The number of aromatic nitrogens is 1. The fourth-order valence-corrected chi connectivity index (χ4v) is 5.76. The minimum Gasteiger partial charge on any atom is -0.457 e. The Kier molecular flexibility index (Phi) is 6.69. The van der Waals surface area contributed by atoms with Crippen molar-refractivity contribution in [3.05, 3.63) is 107 Å². The molecule has 0 aliphatic rings. The summed E-state index contributed by atoms with van der Waals surface area (Å²) in [5.41, 5.74) is 1.58. The highest BCUT2D eigenvalue weighted by molar-refractivity contribution is 7.90. The van der Waals surface area contributed by atoms with Crippen LogP contribution in [0.2, 0.25) is 10.0 Å². The lowest BCUT2D eigenvalue weighted by molar-refractivity contribution is -0.114. The van der Waals surface area contributed by atoms with Crippen LogP contribution in [0, 0.1) is 0 Å². The van der Waals surface area contributed by atoms with Gasteiger partial charge in [0.05, 0.1) is 10.4 Å². The van der Waals surface area contributed by atoms with E-state index in [1.165, 1.54) is 18.2 Å². The van der Waals surface area contributed by atoms with E-state index in [-0.39, 0.29) is 14.9 Å². The van der Waals surface area contributed by atoms with E-state index < -0.39 is 15.9 Å². The average molecular weight is 551 g/mol. The van der Waals surface area contributed by atoms with Crippen LogP contribution in [-0.2, 0) is 21.9 Å². The van der Waals surface area contributed by atoms with Gasteiger partial charge in [0.1, 0.15) is 11.5 Å². The fourth-order valence-electron chi connectivity index (χ4n) is 4.09. The van der Waals surface area contributed by atoms with Crippen LogP contribution in [0.4, 0.5) is 0 Å². The van der Waals surface area contributed by atoms with E-state index in [2.05, 4.69) is 0 Å². The van der Waals surface area contributed by atoms with Gasteiger partial charge in [0.2, 0.25) is 0 Å². The first-order valence-corrected chi connectivity index (χ1v) is 13.4. The second kappa shape index (κ2) is 9.94. The van der Waals surface area contributed by atoms with Gasteiger partial charge in [-0.25, -0.2) is 13.1 Å². The van der Waals surface area contributed by atoms with E-state index in [1.54, 1.807) is 6.08 Å². The monoisotopic (exact) mass is 550 g/mol. The first-order chi connectivity index (χ1) is 17.7. The van der Waals surface area contributed by atoms with Crippen LogP contribution in [-0.4, -0.2) is 18.9 Å². The number of halogens is 2. The number of nitrogens with zero attached hydrogens (tertiary/aromatic N) is 1. The van der Waals surface area contributed by atoms with Gasteiger partial charge in [-0.2, -0.15) is 0 Å². The molecule has 0 aliphatic heterocycles. The van der Waals surface area contributed by atoms with Crippen molar-refractivity contribution in [1.29, 1.82) is 0 Å². The summed E-state index contributed by atoms with van der Waals surface area (Å²) in [6.45, 7) is 0. The number of ether oxygens (including phenoxy) is 1. The number of rotatable bonds is 6. The summed E-state index contributed by atoms with van der Waals surface area (Å²) in [6, 6.07) is 23.4. The first kappa shape index (κ1) is 24.9. The molecule has 1 aromatic heterocycles. The third kappa shape index (κ3) is 5.34. The number of aryl methyl sites for hydroxylation is 1. The molecule has 1 heterocycles. The molecule has 0 aliphatic carbocycles. The molecule has 6 nitrogen and oxygen atoms in total. The maximum atomic E-state index is 12.6. The van der Waals surface area contributed by atoms with Gasteiger partial charge in [-0.15, -0.1) is 0 Å². The average Bonchev–Trinajstić information content (AvgIpc) is 3.18. The zero-order chi connectivity index (χ0) is 26.2. The van der Waals surface area contributed by atoms with Crippen molar-refractivity contribution in [2.45, 2.75) is 4.90 Å². The molecule has 0 fully saturated rings. The van der Waals surface area contributed by atoms with Crippen LogP contribution in [0.5, 0.6) is 11.5 Å². The van der Waals surface area contributed by atoms with Gasteiger partial charge in [0.25, 0.3) is 15.9 Å². The predicted octanol–water partition coefficient (Wildman–Crippen LogP) is 6.95. The van der Waals surface area contributed by atoms with Crippen molar-refractivity contribution >= 4 is 66.9 Å². The standard InChI is InChI=1S/C28H20Cl2N2O4S/c1-32-17-20(10-12-27(33)31-37(34,35)24-15-21(29)14-22(30)16-24)28-25(32)7-4-8-26(28)36-23-11-9-18-5-2-3-6-19(18)13-23/h2-17H,1H3,(H,31,33)/b12-10+. The first-order valence-electron chi connectivity index (χ1n) is 11.2. The minimum absolute atomic E-state index is 0.144. The van der Waals surface area contributed by atoms with Gasteiger partial charge in [-0.1, -0.05) is 59.6 Å². The summed E-state index contributed by atoms with van der Waals surface area (Å²) in [5, 5.41) is 3.24. The lowest BCUT2D eigenvalue weighted by Crippen LogP contribution is -2.29. The Balaban J connectivity index is 1.43. The number of fused-ring (bicyclic) bond motifs is 2. The second-order valence-electron chi connectivity index (χ2n) is 8.36. The minimum atomic E-state index is -4.16. The normalized spacial score (nSPS) is 11.9. The third-order valence-corrected chi connectivity index (χ3v) is 7.51. The van der Waals surface area contributed by atoms with Crippen molar-refractivity contribution in [1.82, 2.24) is 9.29 Å². The SMILES string of the molecule is Cn1cc(/C=C/C(=O)NS(=O)(=O)c2cc(Cl)cc(Cl)c2)c2c(Oc3ccc4ccccc4c3)cccc21. The van der Waals surface area contributed by atoms with Crippen LogP contribution in [0.25, 0.3) is 27.8 Å². The van der Waals surface area contributed by atoms with Crippen molar-refractivity contribution in [2.75, 3.05) is 0 Å². The molecule has 37 heavy (non-hydrogen) atoms. The Morgan fingerprint density at radius 3 is 2.41 bits per heavy atom. The second-order valence-corrected chi connectivity index (χ2v) is 10.9. The van der Waals surface area contributed by atoms with E-state index in [9.17, 15) is 13.2 Å². The summed E-state index contributed by atoms with van der Waals surface area (Å²) in [5.74, 6) is 0.463. The smallest absolute Gasteiger partial charge is 0.264 e. The molecule has 5 rings (SSSR count). The molecule has 0 saturated carbocycles. The lowest BCUT2D eigenvalue weighted by Gasteiger charge is -2.09. The van der Waals surface area contributed by atoms with E-state index in [0.29, 0.717) is 17.1 Å². The molecular formula is C28H20Cl2N2O4S. The number of benzene rings is 4. The predicted molar refractivity (Wildman–Crippen MR) is 148 cm³/mol. The van der Waals surface area contributed by atoms with Crippen LogP contribution in [0.3, 0.4) is 0 Å². The number of carbonyl (C=O) groups excluding carboxylic acids is 1. The lowest BCUT2D eigenvalue weighted by atomic mass is 10.1. The summed E-state index contributed by atoms with van der Waals surface area (Å²) >= 11 is 11.8. The van der Waals surface area contributed by atoms with Gasteiger partial charge >= 0.3 is 0 Å². The van der Waals surface area contributed by atoms with Crippen molar-refractivity contribution in [2.24, 2.45) is 7.05 Å². The molecule has 4 aromatic carbocycles. The van der Waals surface area contributed by atoms with Crippen molar-refractivity contribution < 1.29 is 17.9 Å². The number of carbonyl (C=O) groups is 1. The molecule has 9 heteroatoms. The van der Waals surface area contributed by atoms with Crippen LogP contribution in [0.15, 0.2) is 96.0 Å². The largest absolute Gasteiger partial charge is 0.457 e. The summed E-state index contributed by atoms with van der Waals surface area (Å²) in [7, 11) is -2.28. The molecule has 1 amide bonds. The molecule has 0 atom stereocenters. The van der Waals surface area contributed by atoms with Gasteiger partial charge < -0.3 is 9.30 Å². The van der Waals surface area contributed by atoms with Crippen molar-refractivity contribution in [3.8, 4) is 11.5 Å². The molecule has 0 radical (unpaired) electrons. The number of nitrogens with one attached hydrogen (secondary N) is 1. The zero-order valence-electron chi connectivity index (χ0n) is 19.5. The number of sulfonamides is 1. The van der Waals surface area contributed by atoms with Gasteiger partial charge in [0, 0.05) is 40.3 Å². The Labute approximate surface area is 223 Å². The zero-order valence-corrected chi connectivity index (χ0v) is 21.8. The number of amides is 1. The van der Waals surface area contributed by atoms with E-state index in [1.807, 2.05) is 83.2 Å². The highest BCUT2D eigenvalue weighted by atomic mass is 35.5. The Hall–Kier alpha value is -3.78. The molecule has 0 spiro atoms. The van der Waals surface area contributed by atoms with Gasteiger partial charge in [-0.05, 0) is 59.3 Å². The van der Waals surface area contributed by atoms with E-state index in [4.69, 9.17) is 27.9 Å². The molecule has 5 aromatic rings. The van der Waals surface area contributed by atoms with Gasteiger partial charge in [0.15, 0.2) is 0 Å². The molecular weight excluding hydrogens is 531 g/mol. The third-order valence-electron chi connectivity index (χ3n) is 5.75. The Bertz CT molecular complexity index is 1790. The highest BCUT2D eigenvalue weighted by Gasteiger charge is 2.18. The van der Waals surface area contributed by atoms with Crippen LogP contribution in [0.1, 0.15) is 5.56 Å². The molecule has 0 bridgehead atoms. The topological polar surface area (TPSA) is 77.4 Å². The van der Waals surface area contributed by atoms with E-state index in [0.717, 1.165) is 27.8 Å². The molecule has 0 unspecified atom stereocenters. The quantitative estimate of drug-likeness (QED) is 0.232. The summed E-state index contributed by atoms with van der Waals surface area (Å²) < 4.78 is 35.4. The van der Waals surface area contributed by atoms with Crippen LogP contribution >= 0.6 is 23.2 Å². The molecule has 1 N–H and O–H groups in total. The molecule has 186 valence electrons. The highest BCUT2D eigenvalue weighted by Crippen LogP contribution is 2.35.